The van der Waals surface area contributed by atoms with Crippen molar-refractivity contribution in [3.63, 3.8) is 0 Å². The van der Waals surface area contributed by atoms with Gasteiger partial charge < -0.3 is 9.47 Å². The number of carbonyl (C=O) groups is 2. The van der Waals surface area contributed by atoms with Crippen molar-refractivity contribution in [2.24, 2.45) is 0 Å². The number of amides is 1. The van der Waals surface area contributed by atoms with Crippen LogP contribution in [0.3, 0.4) is 0 Å². The zero-order valence-electron chi connectivity index (χ0n) is 12.7. The molecule has 2 atom stereocenters. The quantitative estimate of drug-likeness (QED) is 0.714. The Balaban J connectivity index is 1.96. The standard InChI is InChI=1S/C14H24N2O4/c1-14(2,3)20-13(18)16-10-5-6-11(16)8-15(7-10)9-12(17)19-4/h10-11H,5-9H2,1-4H3. The minimum Gasteiger partial charge on any atom is -0.468 e. The highest BCUT2D eigenvalue weighted by Gasteiger charge is 2.44. The Morgan fingerprint density at radius 1 is 1.15 bits per heavy atom. The van der Waals surface area contributed by atoms with E-state index >= 15 is 0 Å². The smallest absolute Gasteiger partial charge is 0.410 e. The molecule has 0 aliphatic carbocycles. The maximum absolute atomic E-state index is 12.3. The van der Waals surface area contributed by atoms with E-state index in [-0.39, 0.29) is 24.1 Å². The molecule has 2 heterocycles. The highest BCUT2D eigenvalue weighted by Crippen LogP contribution is 2.31. The Morgan fingerprint density at radius 3 is 2.15 bits per heavy atom. The highest BCUT2D eigenvalue weighted by molar-refractivity contribution is 5.72. The summed E-state index contributed by atoms with van der Waals surface area (Å²) in [4.78, 5) is 27.5. The molecule has 2 aliphatic rings. The third-order valence-corrected chi connectivity index (χ3v) is 3.74. The van der Waals surface area contributed by atoms with Crippen LogP contribution in [0.15, 0.2) is 0 Å². The van der Waals surface area contributed by atoms with Crippen molar-refractivity contribution in [3.05, 3.63) is 0 Å². The van der Waals surface area contributed by atoms with Gasteiger partial charge in [0.2, 0.25) is 0 Å². The second-order valence-electron chi connectivity index (χ2n) is 6.54. The fourth-order valence-electron chi connectivity index (χ4n) is 2.98. The zero-order valence-corrected chi connectivity index (χ0v) is 12.7. The first-order valence-corrected chi connectivity index (χ1v) is 7.10. The summed E-state index contributed by atoms with van der Waals surface area (Å²) < 4.78 is 10.2. The summed E-state index contributed by atoms with van der Waals surface area (Å²) in [6.07, 6.45) is 1.71. The van der Waals surface area contributed by atoms with Gasteiger partial charge in [0.1, 0.15) is 5.60 Å². The van der Waals surface area contributed by atoms with Crippen LogP contribution in [0.1, 0.15) is 33.6 Å². The van der Waals surface area contributed by atoms with Gasteiger partial charge in [-0.1, -0.05) is 0 Å². The van der Waals surface area contributed by atoms with E-state index in [0.29, 0.717) is 19.6 Å². The first-order valence-electron chi connectivity index (χ1n) is 7.10. The third kappa shape index (κ3) is 3.42. The summed E-state index contributed by atoms with van der Waals surface area (Å²) in [5.41, 5.74) is -0.473. The van der Waals surface area contributed by atoms with E-state index in [4.69, 9.17) is 9.47 Å². The van der Waals surface area contributed by atoms with E-state index < -0.39 is 5.60 Å². The molecule has 6 heteroatoms. The number of methoxy groups -OCH3 is 1. The van der Waals surface area contributed by atoms with Crippen LogP contribution in [0, 0.1) is 0 Å². The van der Waals surface area contributed by atoms with Gasteiger partial charge >= 0.3 is 12.1 Å². The summed E-state index contributed by atoms with van der Waals surface area (Å²) in [6.45, 7) is 7.35. The summed E-state index contributed by atoms with van der Waals surface area (Å²) in [5, 5.41) is 0. The molecule has 1 amide bonds. The van der Waals surface area contributed by atoms with Crippen LogP contribution in [0.25, 0.3) is 0 Å². The van der Waals surface area contributed by atoms with Crippen LogP contribution in [0.4, 0.5) is 4.79 Å². The minimum atomic E-state index is -0.473. The van der Waals surface area contributed by atoms with Crippen LogP contribution in [0.5, 0.6) is 0 Å². The van der Waals surface area contributed by atoms with E-state index in [1.807, 2.05) is 25.7 Å². The molecule has 2 aliphatic heterocycles. The Hall–Kier alpha value is -1.30. The molecule has 2 rings (SSSR count). The van der Waals surface area contributed by atoms with Crippen molar-refractivity contribution < 1.29 is 19.1 Å². The predicted molar refractivity (Wildman–Crippen MR) is 73.3 cm³/mol. The Kier molecular flexibility index (Phi) is 4.22. The minimum absolute atomic E-state index is 0.147. The number of rotatable bonds is 2. The number of carbonyl (C=O) groups excluding carboxylic acids is 2. The van der Waals surface area contributed by atoms with Crippen molar-refractivity contribution in [1.29, 1.82) is 0 Å². The maximum Gasteiger partial charge on any atom is 0.410 e. The molecule has 2 bridgehead atoms. The number of likely N-dealkylation sites (tertiary alicyclic amines) is 1. The number of hydrogen-bond donors (Lipinski definition) is 0. The lowest BCUT2D eigenvalue weighted by Gasteiger charge is -2.40. The molecule has 2 unspecified atom stereocenters. The molecule has 20 heavy (non-hydrogen) atoms. The second kappa shape index (κ2) is 5.60. The lowest BCUT2D eigenvalue weighted by molar-refractivity contribution is -0.142. The van der Waals surface area contributed by atoms with Gasteiger partial charge in [0.15, 0.2) is 0 Å². The van der Waals surface area contributed by atoms with Crippen molar-refractivity contribution in [2.75, 3.05) is 26.7 Å². The normalized spacial score (nSPS) is 26.5. The Morgan fingerprint density at radius 2 is 1.70 bits per heavy atom. The van der Waals surface area contributed by atoms with Gasteiger partial charge in [0.25, 0.3) is 0 Å². The Bertz CT molecular complexity index is 377. The number of piperazine rings is 1. The van der Waals surface area contributed by atoms with Crippen LogP contribution in [-0.2, 0) is 14.3 Å². The average molecular weight is 284 g/mol. The topological polar surface area (TPSA) is 59.1 Å². The SMILES string of the molecule is COC(=O)CN1CC2CCC(C1)N2C(=O)OC(C)(C)C. The lowest BCUT2D eigenvalue weighted by atomic mass is 10.2. The van der Waals surface area contributed by atoms with E-state index in [0.717, 1.165) is 12.8 Å². The molecule has 0 spiro atoms. The number of hydrogen-bond acceptors (Lipinski definition) is 5. The second-order valence-corrected chi connectivity index (χ2v) is 6.54. The lowest BCUT2D eigenvalue weighted by Crippen LogP contribution is -2.57. The fourth-order valence-corrected chi connectivity index (χ4v) is 2.98. The van der Waals surface area contributed by atoms with Gasteiger partial charge in [-0.2, -0.15) is 0 Å². The molecule has 0 radical (unpaired) electrons. The molecule has 0 aromatic carbocycles. The molecule has 0 aromatic heterocycles. The van der Waals surface area contributed by atoms with Crippen LogP contribution < -0.4 is 0 Å². The van der Waals surface area contributed by atoms with Crippen LogP contribution in [-0.4, -0.2) is 66.3 Å². The van der Waals surface area contributed by atoms with Crippen molar-refractivity contribution in [3.8, 4) is 0 Å². The number of nitrogens with zero attached hydrogens (tertiary/aromatic N) is 2. The fraction of sp³-hybridized carbons (Fsp3) is 0.857. The van der Waals surface area contributed by atoms with Crippen molar-refractivity contribution in [1.82, 2.24) is 9.80 Å². The van der Waals surface area contributed by atoms with Gasteiger partial charge in [0, 0.05) is 25.2 Å². The maximum atomic E-state index is 12.3. The van der Waals surface area contributed by atoms with E-state index in [1.165, 1.54) is 7.11 Å². The van der Waals surface area contributed by atoms with E-state index in [2.05, 4.69) is 4.90 Å². The largest absolute Gasteiger partial charge is 0.468 e. The molecule has 0 N–H and O–H groups in total. The average Bonchev–Trinajstić information content (AvgIpc) is 2.59. The van der Waals surface area contributed by atoms with E-state index in [9.17, 15) is 9.59 Å². The van der Waals surface area contributed by atoms with Gasteiger partial charge in [-0.25, -0.2) is 4.79 Å². The highest BCUT2D eigenvalue weighted by atomic mass is 16.6. The molecule has 0 saturated carbocycles. The zero-order chi connectivity index (χ0) is 14.9. The third-order valence-electron chi connectivity index (χ3n) is 3.74. The van der Waals surface area contributed by atoms with Gasteiger partial charge in [-0.15, -0.1) is 0 Å². The van der Waals surface area contributed by atoms with Crippen LogP contribution in [0.2, 0.25) is 0 Å². The molecule has 114 valence electrons. The number of esters is 1. The van der Waals surface area contributed by atoms with Gasteiger partial charge in [-0.3, -0.25) is 14.6 Å². The monoisotopic (exact) mass is 284 g/mol. The predicted octanol–water partition coefficient (Wildman–Crippen LogP) is 1.24. The van der Waals surface area contributed by atoms with Crippen molar-refractivity contribution >= 4 is 12.1 Å². The summed E-state index contributed by atoms with van der Waals surface area (Å²) in [5.74, 6) is -0.227. The number of fused-ring (bicyclic) bond motifs is 2. The first kappa shape index (κ1) is 15.1. The Labute approximate surface area is 120 Å². The van der Waals surface area contributed by atoms with Crippen molar-refractivity contribution in [2.45, 2.75) is 51.3 Å². The molecule has 2 saturated heterocycles. The van der Waals surface area contributed by atoms with Crippen LogP contribution >= 0.6 is 0 Å². The van der Waals surface area contributed by atoms with E-state index in [1.54, 1.807) is 0 Å². The molecular weight excluding hydrogens is 260 g/mol. The van der Waals surface area contributed by atoms with Gasteiger partial charge in [0.05, 0.1) is 13.7 Å². The molecular formula is C14H24N2O4. The van der Waals surface area contributed by atoms with Gasteiger partial charge in [-0.05, 0) is 33.6 Å². The molecule has 0 aromatic rings. The summed E-state index contributed by atoms with van der Waals surface area (Å²) >= 11 is 0. The first-order chi connectivity index (χ1) is 9.30. The molecule has 6 nitrogen and oxygen atoms in total. The summed E-state index contributed by atoms with van der Waals surface area (Å²) in [6, 6.07) is 0.293. The number of ether oxygens (including phenoxy) is 2. The molecule has 2 fully saturated rings. The summed E-state index contributed by atoms with van der Waals surface area (Å²) in [7, 11) is 1.40.